The highest BCUT2D eigenvalue weighted by atomic mass is 35.5. The second-order valence-electron chi connectivity index (χ2n) is 2.48. The maximum absolute atomic E-state index is 12.3. The molecule has 0 saturated heterocycles. The monoisotopic (exact) mass is 223 g/mol. The second kappa shape index (κ2) is 3.88. The van der Waals surface area contributed by atoms with Gasteiger partial charge in [-0.15, -0.1) is 0 Å². The Hall–Kier alpha value is -1.23. The van der Waals surface area contributed by atoms with Crippen molar-refractivity contribution in [3.8, 4) is 0 Å². The minimum Gasteiger partial charge on any atom is -0.411 e. The average molecular weight is 224 g/mol. The van der Waals surface area contributed by atoms with Gasteiger partial charge in [-0.25, -0.2) is 0 Å². The zero-order valence-corrected chi connectivity index (χ0v) is 7.47. The summed E-state index contributed by atoms with van der Waals surface area (Å²) in [6.45, 7) is 0. The molecule has 0 bridgehead atoms. The molecule has 1 rings (SSSR count). The Morgan fingerprint density at radius 2 is 2.00 bits per heavy atom. The average Bonchev–Trinajstić information content (AvgIpc) is 2.07. The Kier molecular flexibility index (Phi) is 3.00. The largest absolute Gasteiger partial charge is 0.417 e. The van der Waals surface area contributed by atoms with Crippen molar-refractivity contribution >= 4 is 17.8 Å². The van der Waals surface area contributed by atoms with Crippen LogP contribution in [0.2, 0.25) is 5.02 Å². The lowest BCUT2D eigenvalue weighted by molar-refractivity contribution is -0.137. The van der Waals surface area contributed by atoms with E-state index in [0.717, 1.165) is 18.3 Å². The highest BCUT2D eigenvalue weighted by Gasteiger charge is 2.33. The summed E-state index contributed by atoms with van der Waals surface area (Å²) in [6.07, 6.45) is -3.61. The lowest BCUT2D eigenvalue weighted by Gasteiger charge is -2.08. The highest BCUT2D eigenvalue weighted by molar-refractivity contribution is 6.31. The molecular weight excluding hydrogens is 219 g/mol. The quantitative estimate of drug-likeness (QED) is 0.443. The van der Waals surface area contributed by atoms with E-state index in [1.54, 1.807) is 0 Å². The zero-order valence-electron chi connectivity index (χ0n) is 6.72. The molecule has 0 saturated carbocycles. The normalized spacial score (nSPS) is 12.3. The molecule has 0 aliphatic heterocycles. The number of hydrogen-bond donors (Lipinski definition) is 1. The van der Waals surface area contributed by atoms with E-state index in [9.17, 15) is 13.2 Å². The Labute approximate surface area is 82.6 Å². The maximum atomic E-state index is 12.3. The number of rotatable bonds is 1. The van der Waals surface area contributed by atoms with Gasteiger partial charge in [-0.05, 0) is 17.7 Å². The standard InChI is InChI=1S/C8H5ClF3NO/c9-7-2-1-5(4-13-14)3-6(7)8(10,11)12/h1-4,14H. The predicted molar refractivity (Wildman–Crippen MR) is 45.8 cm³/mol. The molecule has 0 aromatic heterocycles. The lowest BCUT2D eigenvalue weighted by atomic mass is 10.1. The molecule has 76 valence electrons. The van der Waals surface area contributed by atoms with Gasteiger partial charge in [-0.1, -0.05) is 22.8 Å². The van der Waals surface area contributed by atoms with Gasteiger partial charge >= 0.3 is 6.18 Å². The van der Waals surface area contributed by atoms with Gasteiger partial charge in [0.15, 0.2) is 0 Å². The summed E-state index contributed by atoms with van der Waals surface area (Å²) >= 11 is 5.35. The van der Waals surface area contributed by atoms with Crippen LogP contribution in [-0.4, -0.2) is 11.4 Å². The summed E-state index contributed by atoms with van der Waals surface area (Å²) in [7, 11) is 0. The molecule has 1 aromatic rings. The third-order valence-electron chi connectivity index (χ3n) is 1.50. The van der Waals surface area contributed by atoms with E-state index in [2.05, 4.69) is 5.16 Å². The molecule has 0 aliphatic rings. The van der Waals surface area contributed by atoms with Crippen LogP contribution in [0.15, 0.2) is 23.4 Å². The summed E-state index contributed by atoms with van der Waals surface area (Å²) < 4.78 is 36.8. The van der Waals surface area contributed by atoms with Crippen LogP contribution in [-0.2, 0) is 6.18 Å². The summed E-state index contributed by atoms with van der Waals surface area (Å²) in [5, 5.41) is 10.4. The van der Waals surface area contributed by atoms with E-state index in [4.69, 9.17) is 16.8 Å². The van der Waals surface area contributed by atoms with Gasteiger partial charge in [0.2, 0.25) is 0 Å². The molecule has 1 aromatic carbocycles. The SMILES string of the molecule is ON=Cc1ccc(Cl)c(C(F)(F)F)c1. The van der Waals surface area contributed by atoms with Crippen molar-refractivity contribution in [3.63, 3.8) is 0 Å². The van der Waals surface area contributed by atoms with Crippen molar-refractivity contribution in [2.24, 2.45) is 5.16 Å². The zero-order chi connectivity index (χ0) is 10.8. The first kappa shape index (κ1) is 10.8. The van der Waals surface area contributed by atoms with Crippen LogP contribution in [0.3, 0.4) is 0 Å². The van der Waals surface area contributed by atoms with E-state index in [1.807, 2.05) is 0 Å². The maximum Gasteiger partial charge on any atom is 0.417 e. The van der Waals surface area contributed by atoms with Crippen molar-refractivity contribution < 1.29 is 18.4 Å². The molecule has 0 aliphatic carbocycles. The van der Waals surface area contributed by atoms with E-state index in [1.165, 1.54) is 6.07 Å². The summed E-state index contributed by atoms with van der Waals surface area (Å²) in [5.41, 5.74) is -0.819. The number of alkyl halides is 3. The van der Waals surface area contributed by atoms with Crippen molar-refractivity contribution in [3.05, 3.63) is 34.3 Å². The number of benzene rings is 1. The van der Waals surface area contributed by atoms with Crippen LogP contribution in [0, 0.1) is 0 Å². The Morgan fingerprint density at radius 3 is 2.50 bits per heavy atom. The summed E-state index contributed by atoms with van der Waals surface area (Å²) in [6, 6.07) is 3.22. The molecule has 0 atom stereocenters. The molecule has 6 heteroatoms. The van der Waals surface area contributed by atoms with Crippen LogP contribution < -0.4 is 0 Å². The molecule has 0 fully saturated rings. The van der Waals surface area contributed by atoms with E-state index < -0.39 is 11.7 Å². The van der Waals surface area contributed by atoms with Gasteiger partial charge in [0.1, 0.15) is 0 Å². The fourth-order valence-corrected chi connectivity index (χ4v) is 1.13. The molecule has 1 N–H and O–H groups in total. The van der Waals surface area contributed by atoms with E-state index >= 15 is 0 Å². The first-order valence-electron chi connectivity index (χ1n) is 3.49. The molecule has 0 unspecified atom stereocenters. The fraction of sp³-hybridized carbons (Fsp3) is 0.125. The van der Waals surface area contributed by atoms with Crippen LogP contribution in [0.5, 0.6) is 0 Å². The van der Waals surface area contributed by atoms with Crippen molar-refractivity contribution in [2.45, 2.75) is 6.18 Å². The smallest absolute Gasteiger partial charge is 0.411 e. The highest BCUT2D eigenvalue weighted by Crippen LogP contribution is 2.34. The van der Waals surface area contributed by atoms with Gasteiger partial charge in [0, 0.05) is 0 Å². The second-order valence-corrected chi connectivity index (χ2v) is 2.89. The lowest BCUT2D eigenvalue weighted by Crippen LogP contribution is -2.06. The van der Waals surface area contributed by atoms with Crippen molar-refractivity contribution in [1.29, 1.82) is 0 Å². The Balaban J connectivity index is 3.22. The minimum atomic E-state index is -4.50. The predicted octanol–water partition coefficient (Wildman–Crippen LogP) is 3.17. The van der Waals surface area contributed by atoms with Gasteiger partial charge < -0.3 is 5.21 Å². The van der Waals surface area contributed by atoms with Crippen LogP contribution in [0.4, 0.5) is 13.2 Å². The molecule has 0 spiro atoms. The molecular formula is C8H5ClF3NO. The Morgan fingerprint density at radius 1 is 1.36 bits per heavy atom. The van der Waals surface area contributed by atoms with Crippen molar-refractivity contribution in [2.75, 3.05) is 0 Å². The fourth-order valence-electron chi connectivity index (χ4n) is 0.907. The number of halogens is 4. The van der Waals surface area contributed by atoms with E-state index in [-0.39, 0.29) is 10.6 Å². The minimum absolute atomic E-state index is 0.129. The first-order valence-corrected chi connectivity index (χ1v) is 3.87. The van der Waals surface area contributed by atoms with E-state index in [0.29, 0.717) is 0 Å². The van der Waals surface area contributed by atoms with Gasteiger partial charge in [0.25, 0.3) is 0 Å². The van der Waals surface area contributed by atoms with Gasteiger partial charge in [-0.3, -0.25) is 0 Å². The third kappa shape index (κ3) is 2.38. The van der Waals surface area contributed by atoms with Crippen LogP contribution in [0.25, 0.3) is 0 Å². The molecule has 14 heavy (non-hydrogen) atoms. The van der Waals surface area contributed by atoms with Gasteiger partial charge in [-0.2, -0.15) is 13.2 Å². The number of nitrogens with zero attached hydrogens (tertiary/aromatic N) is 1. The Bertz CT molecular complexity index is 362. The third-order valence-corrected chi connectivity index (χ3v) is 1.83. The number of hydrogen-bond acceptors (Lipinski definition) is 2. The summed E-state index contributed by atoms with van der Waals surface area (Å²) in [4.78, 5) is 0. The number of oxime groups is 1. The molecule has 0 amide bonds. The van der Waals surface area contributed by atoms with Gasteiger partial charge in [0.05, 0.1) is 16.8 Å². The summed E-state index contributed by atoms with van der Waals surface area (Å²) in [5.74, 6) is 0. The molecule has 0 heterocycles. The molecule has 0 radical (unpaired) electrons. The van der Waals surface area contributed by atoms with Crippen LogP contribution in [0.1, 0.15) is 11.1 Å². The first-order chi connectivity index (χ1) is 6.45. The topological polar surface area (TPSA) is 32.6 Å². The van der Waals surface area contributed by atoms with Crippen LogP contribution >= 0.6 is 11.6 Å². The van der Waals surface area contributed by atoms with Crippen molar-refractivity contribution in [1.82, 2.24) is 0 Å². The molecule has 2 nitrogen and oxygen atoms in total.